The molecule has 1 atom stereocenters. The third kappa shape index (κ3) is 3.07. The van der Waals surface area contributed by atoms with Crippen LogP contribution in [0, 0.1) is 12.8 Å². The second-order valence-electron chi connectivity index (χ2n) is 4.76. The number of nitrogens with two attached hydrogens (primary N) is 1. The molecule has 1 aromatic rings. The Morgan fingerprint density at radius 2 is 2.35 bits per heavy atom. The summed E-state index contributed by atoms with van der Waals surface area (Å²) in [4.78, 5) is 14.0. The molecule has 0 bridgehead atoms. The van der Waals surface area contributed by atoms with Crippen molar-refractivity contribution < 1.29 is 4.79 Å². The minimum atomic E-state index is 0.0221. The normalized spacial score (nSPS) is 16.9. The molecule has 0 radical (unpaired) electrons. The van der Waals surface area contributed by atoms with Gasteiger partial charge in [0.1, 0.15) is 0 Å². The van der Waals surface area contributed by atoms with Crippen LogP contribution in [0.2, 0.25) is 0 Å². The molecule has 1 aliphatic rings. The van der Waals surface area contributed by atoms with Crippen LogP contribution in [0.1, 0.15) is 39.9 Å². The zero-order valence-corrected chi connectivity index (χ0v) is 11.3. The Balaban J connectivity index is 1.89. The zero-order valence-electron chi connectivity index (χ0n) is 10.5. The Labute approximate surface area is 106 Å². The highest BCUT2D eigenvalue weighted by molar-refractivity contribution is 7.14. The number of thiophene rings is 1. The van der Waals surface area contributed by atoms with E-state index in [1.807, 2.05) is 6.07 Å². The number of carbonyl (C=O) groups excluding carboxylic acids is 1. The van der Waals surface area contributed by atoms with Crippen LogP contribution in [0.25, 0.3) is 0 Å². The van der Waals surface area contributed by atoms with Crippen LogP contribution < -0.4 is 11.1 Å². The van der Waals surface area contributed by atoms with Gasteiger partial charge in [-0.15, -0.1) is 11.3 Å². The van der Waals surface area contributed by atoms with Crippen LogP contribution in [0.15, 0.2) is 6.07 Å². The van der Waals surface area contributed by atoms with Gasteiger partial charge >= 0.3 is 0 Å². The van der Waals surface area contributed by atoms with Gasteiger partial charge in [-0.3, -0.25) is 4.79 Å². The first-order valence-corrected chi connectivity index (χ1v) is 7.06. The van der Waals surface area contributed by atoms with E-state index in [1.165, 1.54) is 23.3 Å². The van der Waals surface area contributed by atoms with Gasteiger partial charge in [-0.25, -0.2) is 0 Å². The van der Waals surface area contributed by atoms with E-state index in [1.54, 1.807) is 11.3 Å². The summed E-state index contributed by atoms with van der Waals surface area (Å²) in [6.07, 6.45) is 3.42. The van der Waals surface area contributed by atoms with Crippen molar-refractivity contribution in [3.05, 3.63) is 21.4 Å². The first-order valence-electron chi connectivity index (χ1n) is 6.25. The number of hydrogen-bond acceptors (Lipinski definition) is 3. The Bertz CT molecular complexity index is 410. The lowest BCUT2D eigenvalue weighted by Crippen LogP contribution is -2.38. The highest BCUT2D eigenvalue weighted by Gasteiger charge is 2.28. The van der Waals surface area contributed by atoms with Crippen molar-refractivity contribution in [2.24, 2.45) is 11.7 Å². The minimum Gasteiger partial charge on any atom is -0.350 e. The van der Waals surface area contributed by atoms with Crippen LogP contribution >= 0.6 is 11.3 Å². The summed E-state index contributed by atoms with van der Waals surface area (Å²) in [5.41, 5.74) is 7.23. The lowest BCUT2D eigenvalue weighted by Gasteiger charge is -2.10. The first kappa shape index (κ1) is 12.6. The predicted molar refractivity (Wildman–Crippen MR) is 71.5 cm³/mol. The van der Waals surface area contributed by atoms with Crippen LogP contribution in [-0.2, 0) is 6.42 Å². The van der Waals surface area contributed by atoms with Crippen LogP contribution in [0.3, 0.4) is 0 Å². The second-order valence-corrected chi connectivity index (χ2v) is 6.01. The van der Waals surface area contributed by atoms with Crippen molar-refractivity contribution in [1.82, 2.24) is 5.32 Å². The summed E-state index contributed by atoms with van der Waals surface area (Å²) in [7, 11) is 0. The molecule has 1 aliphatic carbocycles. The van der Waals surface area contributed by atoms with Crippen molar-refractivity contribution in [3.63, 3.8) is 0 Å². The van der Waals surface area contributed by atoms with Gasteiger partial charge in [0.25, 0.3) is 5.91 Å². The van der Waals surface area contributed by atoms with E-state index in [0.717, 1.165) is 11.3 Å². The molecule has 4 heteroatoms. The van der Waals surface area contributed by atoms with Crippen molar-refractivity contribution in [2.45, 2.75) is 39.2 Å². The van der Waals surface area contributed by atoms with Gasteiger partial charge in [-0.1, -0.05) is 6.92 Å². The van der Waals surface area contributed by atoms with E-state index in [4.69, 9.17) is 5.73 Å². The number of hydrogen-bond donors (Lipinski definition) is 2. The molecule has 3 N–H and O–H groups in total. The predicted octanol–water partition coefficient (Wildman–Crippen LogP) is 2.09. The van der Waals surface area contributed by atoms with Gasteiger partial charge in [0.2, 0.25) is 0 Å². The van der Waals surface area contributed by atoms with Crippen LogP contribution in [-0.4, -0.2) is 18.5 Å². The standard InChI is InChI=1S/C13H20N2OS/c1-3-9-6-12(17-8(9)2)13(16)15-7-11(14)10-4-5-10/h6,10-11H,3-5,7,14H2,1-2H3,(H,15,16). The summed E-state index contributed by atoms with van der Waals surface area (Å²) in [6, 6.07) is 2.13. The number of amides is 1. The molecule has 1 aromatic heterocycles. The highest BCUT2D eigenvalue weighted by atomic mass is 32.1. The molecule has 3 nitrogen and oxygen atoms in total. The number of aryl methyl sites for hydroxylation is 2. The topological polar surface area (TPSA) is 55.1 Å². The molecule has 1 unspecified atom stereocenters. The quantitative estimate of drug-likeness (QED) is 0.843. The van der Waals surface area contributed by atoms with Crippen molar-refractivity contribution >= 4 is 17.2 Å². The van der Waals surface area contributed by atoms with Gasteiger partial charge in [-0.2, -0.15) is 0 Å². The molecule has 2 rings (SSSR count). The lowest BCUT2D eigenvalue weighted by atomic mass is 10.2. The Morgan fingerprint density at radius 3 is 2.88 bits per heavy atom. The maximum absolute atomic E-state index is 11.9. The van der Waals surface area contributed by atoms with E-state index in [9.17, 15) is 4.79 Å². The fourth-order valence-corrected chi connectivity index (χ4v) is 3.00. The second kappa shape index (κ2) is 5.19. The smallest absolute Gasteiger partial charge is 0.261 e. The molecule has 1 heterocycles. The summed E-state index contributed by atoms with van der Waals surface area (Å²) in [5, 5.41) is 2.93. The molecule has 0 aliphatic heterocycles. The monoisotopic (exact) mass is 252 g/mol. The van der Waals surface area contributed by atoms with Gasteiger partial charge in [0.15, 0.2) is 0 Å². The molecule has 0 saturated heterocycles. The van der Waals surface area contributed by atoms with E-state index in [0.29, 0.717) is 12.5 Å². The van der Waals surface area contributed by atoms with Gasteiger partial charge in [-0.05, 0) is 43.7 Å². The Kier molecular flexibility index (Phi) is 3.84. The molecule has 1 amide bonds. The van der Waals surface area contributed by atoms with E-state index < -0.39 is 0 Å². The molecule has 0 spiro atoms. The summed E-state index contributed by atoms with van der Waals surface area (Å²) in [6.45, 7) is 4.78. The Morgan fingerprint density at radius 1 is 1.65 bits per heavy atom. The fourth-order valence-electron chi connectivity index (χ4n) is 1.97. The van der Waals surface area contributed by atoms with Crippen molar-refractivity contribution in [3.8, 4) is 0 Å². The van der Waals surface area contributed by atoms with Gasteiger partial charge < -0.3 is 11.1 Å². The molecule has 1 saturated carbocycles. The largest absolute Gasteiger partial charge is 0.350 e. The van der Waals surface area contributed by atoms with Crippen LogP contribution in [0.4, 0.5) is 0 Å². The summed E-state index contributed by atoms with van der Waals surface area (Å²) >= 11 is 1.57. The molecular weight excluding hydrogens is 232 g/mol. The highest BCUT2D eigenvalue weighted by Crippen LogP contribution is 2.31. The van der Waals surface area contributed by atoms with E-state index in [-0.39, 0.29) is 11.9 Å². The molecular formula is C13H20N2OS. The summed E-state index contributed by atoms with van der Waals surface area (Å²) < 4.78 is 0. The number of nitrogens with one attached hydrogen (secondary N) is 1. The Hall–Kier alpha value is -0.870. The third-order valence-corrected chi connectivity index (χ3v) is 4.44. The van der Waals surface area contributed by atoms with Crippen LogP contribution in [0.5, 0.6) is 0 Å². The van der Waals surface area contributed by atoms with E-state index in [2.05, 4.69) is 19.2 Å². The van der Waals surface area contributed by atoms with Gasteiger partial charge in [0.05, 0.1) is 4.88 Å². The molecule has 94 valence electrons. The zero-order chi connectivity index (χ0) is 12.4. The van der Waals surface area contributed by atoms with Gasteiger partial charge in [0, 0.05) is 17.5 Å². The molecule has 0 aromatic carbocycles. The average Bonchev–Trinajstić information content (AvgIpc) is 3.09. The minimum absolute atomic E-state index is 0.0221. The molecule has 17 heavy (non-hydrogen) atoms. The summed E-state index contributed by atoms with van der Waals surface area (Å²) in [5.74, 6) is 0.653. The SMILES string of the molecule is CCc1cc(C(=O)NCC(N)C2CC2)sc1C. The fraction of sp³-hybridized carbons (Fsp3) is 0.615. The number of carbonyl (C=O) groups is 1. The lowest BCUT2D eigenvalue weighted by molar-refractivity contribution is 0.0954. The maximum atomic E-state index is 11.9. The first-order chi connectivity index (χ1) is 8.11. The van der Waals surface area contributed by atoms with Crippen molar-refractivity contribution in [1.29, 1.82) is 0 Å². The average molecular weight is 252 g/mol. The van der Waals surface area contributed by atoms with E-state index >= 15 is 0 Å². The number of rotatable bonds is 5. The molecule has 1 fully saturated rings. The van der Waals surface area contributed by atoms with Crippen molar-refractivity contribution in [2.75, 3.05) is 6.54 Å². The maximum Gasteiger partial charge on any atom is 0.261 e. The third-order valence-electron chi connectivity index (χ3n) is 3.35.